The minimum Gasteiger partial charge on any atom is -0.485 e. The maximum absolute atomic E-state index is 7.90. The summed E-state index contributed by atoms with van der Waals surface area (Å²) in [6, 6.07) is 0. The molecule has 0 saturated carbocycles. The summed E-state index contributed by atoms with van der Waals surface area (Å²) in [6.07, 6.45) is 0. The first kappa shape index (κ1) is 25.4. The van der Waals surface area contributed by atoms with Gasteiger partial charge in [-0.2, -0.15) is 0 Å². The van der Waals surface area contributed by atoms with E-state index in [1.807, 2.05) is 5.70 Å². The van der Waals surface area contributed by atoms with Gasteiger partial charge in [-0.1, -0.05) is 32.0 Å². The highest BCUT2D eigenvalue weighted by Crippen LogP contribution is 2.20. The maximum Gasteiger partial charge on any atom is 0.728 e. The highest BCUT2D eigenvalue weighted by molar-refractivity contribution is 6.67. The second-order valence-corrected chi connectivity index (χ2v) is 8.09. The predicted molar refractivity (Wildman–Crippen MR) is 105 cm³/mol. The molecule has 0 heterocycles. The van der Waals surface area contributed by atoms with Crippen molar-refractivity contribution in [1.82, 2.24) is 0 Å². The molecule has 0 aliphatic carbocycles. The van der Waals surface area contributed by atoms with Crippen molar-refractivity contribution in [3.8, 4) is 0 Å². The summed E-state index contributed by atoms with van der Waals surface area (Å²) >= 11 is 0. The molecule has 1 N–H and O–H groups in total. The molecule has 7 heteroatoms. The minimum absolute atomic E-state index is 0.504. The van der Waals surface area contributed by atoms with Gasteiger partial charge in [0, 0.05) is 15.9 Å². The van der Waals surface area contributed by atoms with Crippen molar-refractivity contribution in [1.29, 1.82) is 0 Å². The van der Waals surface area contributed by atoms with E-state index in [4.69, 9.17) is 18.1 Å². The Morgan fingerprint density at radius 1 is 0.955 bits per heavy atom. The normalized spacial score (nSPS) is 9.27. The van der Waals surface area contributed by atoms with E-state index in [1.165, 1.54) is 5.70 Å². The van der Waals surface area contributed by atoms with E-state index < -0.39 is 18.6 Å². The van der Waals surface area contributed by atoms with E-state index >= 15 is 0 Å². The molecule has 0 aromatic carbocycles. The smallest absolute Gasteiger partial charge is 0.485 e. The van der Waals surface area contributed by atoms with Gasteiger partial charge in [-0.05, 0) is 20.8 Å². The maximum atomic E-state index is 7.90. The van der Waals surface area contributed by atoms with Gasteiger partial charge in [0.25, 0.3) is 0 Å². The van der Waals surface area contributed by atoms with Crippen LogP contribution in [0.15, 0.2) is 73.8 Å². The van der Waals surface area contributed by atoms with Gasteiger partial charge < -0.3 is 18.1 Å². The van der Waals surface area contributed by atoms with Gasteiger partial charge in [0.1, 0.15) is 0 Å². The third-order valence-corrected chi connectivity index (χ3v) is 3.99. The van der Waals surface area contributed by atoms with Gasteiger partial charge in [-0.25, -0.2) is 0 Å². The van der Waals surface area contributed by atoms with E-state index in [0.717, 1.165) is 10.2 Å². The first-order valence-electron chi connectivity index (χ1n) is 6.60. The average molecular weight is 359 g/mol. The molecular formula is C15H30O4Si3. The van der Waals surface area contributed by atoms with Crippen LogP contribution in [0.2, 0.25) is 0 Å². The van der Waals surface area contributed by atoms with Crippen LogP contribution in [-0.2, 0) is 13.3 Å². The van der Waals surface area contributed by atoms with Gasteiger partial charge in [0.2, 0.25) is 0 Å². The fraction of sp³-hybridized carbons (Fsp3) is 0.200. The molecule has 0 aliphatic heterocycles. The lowest BCUT2D eigenvalue weighted by molar-refractivity contribution is 0.159. The lowest BCUT2D eigenvalue weighted by atomic mass is 10.7. The Bertz CT molecular complexity index is 351. The molecule has 4 nitrogen and oxygen atoms in total. The summed E-state index contributed by atoms with van der Waals surface area (Å²) in [4.78, 5) is 7.90. The van der Waals surface area contributed by atoms with Crippen molar-refractivity contribution in [2.75, 3.05) is 0 Å². The van der Waals surface area contributed by atoms with Gasteiger partial charge in [0.15, 0.2) is 9.76 Å². The number of rotatable bonds is 8. The third kappa shape index (κ3) is 18.5. The molecule has 126 valence electrons. The fourth-order valence-corrected chi connectivity index (χ4v) is 2.75. The SMILES string of the molecule is C=C[SiH2]O.C=C[SiH3].C=C[Si](OC(=C)C)(OC(=C)C)OC(=C)C. The van der Waals surface area contributed by atoms with Gasteiger partial charge in [0.05, 0.1) is 17.3 Å². The van der Waals surface area contributed by atoms with Crippen molar-refractivity contribution in [2.24, 2.45) is 0 Å². The zero-order chi connectivity index (χ0) is 18.2. The summed E-state index contributed by atoms with van der Waals surface area (Å²) in [7, 11) is -2.67. The molecule has 0 aliphatic rings. The molecule has 0 aromatic heterocycles. The van der Waals surface area contributed by atoms with E-state index in [0.29, 0.717) is 17.3 Å². The Hall–Kier alpha value is -1.55. The second kappa shape index (κ2) is 15.8. The Kier molecular flexibility index (Phi) is 18.3. The molecule has 0 bridgehead atoms. The van der Waals surface area contributed by atoms with Crippen molar-refractivity contribution in [3.05, 3.63) is 73.8 Å². The summed E-state index contributed by atoms with van der Waals surface area (Å²) in [5.41, 5.74) is 4.98. The standard InChI is InChI=1S/C11H18O3Si.C2H6OSi.C2H6Si/c1-8-15(12-9(2)3,13-10(4)5)14-11(6)7;1-2-4-3;1-2-3/h8H,1-2,4,6H2,3,5,7H3;2-3H,1,4H2;2H,1H2,3H3. The Morgan fingerprint density at radius 2 is 1.18 bits per heavy atom. The van der Waals surface area contributed by atoms with Crippen molar-refractivity contribution >= 4 is 28.8 Å². The van der Waals surface area contributed by atoms with Crippen LogP contribution in [0.4, 0.5) is 0 Å². The molecule has 0 rings (SSSR count). The summed E-state index contributed by atoms with van der Waals surface area (Å²) < 4.78 is 16.4. The second-order valence-electron chi connectivity index (χ2n) is 4.10. The quantitative estimate of drug-likeness (QED) is 0.532. The Morgan fingerprint density at radius 3 is 1.27 bits per heavy atom. The van der Waals surface area contributed by atoms with Gasteiger partial charge in [-0.15, -0.1) is 18.9 Å². The molecule has 0 atom stereocenters. The molecule has 0 unspecified atom stereocenters. The van der Waals surface area contributed by atoms with E-state index in [9.17, 15) is 0 Å². The number of hydrogen-bond donors (Lipinski definition) is 1. The van der Waals surface area contributed by atoms with Gasteiger partial charge in [-0.3, -0.25) is 0 Å². The summed E-state index contributed by atoms with van der Waals surface area (Å²) in [5, 5.41) is 0. The molecule has 0 aromatic rings. The monoisotopic (exact) mass is 358 g/mol. The van der Waals surface area contributed by atoms with Crippen molar-refractivity contribution in [3.63, 3.8) is 0 Å². The zero-order valence-corrected chi connectivity index (χ0v) is 18.8. The van der Waals surface area contributed by atoms with Crippen LogP contribution in [0, 0.1) is 0 Å². The van der Waals surface area contributed by atoms with Crippen LogP contribution in [0.5, 0.6) is 0 Å². The Labute approximate surface area is 141 Å². The topological polar surface area (TPSA) is 47.9 Å². The highest BCUT2D eigenvalue weighted by atomic mass is 28.4. The van der Waals surface area contributed by atoms with Crippen LogP contribution in [0.3, 0.4) is 0 Å². The van der Waals surface area contributed by atoms with E-state index in [2.05, 4.69) is 39.5 Å². The first-order valence-corrected chi connectivity index (χ1v) is 11.0. The van der Waals surface area contributed by atoms with E-state index in [-0.39, 0.29) is 0 Å². The minimum atomic E-state index is -2.99. The third-order valence-electron chi connectivity index (χ3n) is 1.33. The molecule has 0 radical (unpaired) electrons. The van der Waals surface area contributed by atoms with Crippen molar-refractivity contribution in [2.45, 2.75) is 20.8 Å². The van der Waals surface area contributed by atoms with Gasteiger partial charge >= 0.3 is 8.80 Å². The number of allylic oxidation sites excluding steroid dienone is 3. The van der Waals surface area contributed by atoms with Crippen LogP contribution in [0.25, 0.3) is 0 Å². The molecule has 0 amide bonds. The van der Waals surface area contributed by atoms with Crippen LogP contribution < -0.4 is 0 Å². The average Bonchev–Trinajstić information content (AvgIpc) is 2.37. The van der Waals surface area contributed by atoms with Crippen molar-refractivity contribution < 1.29 is 18.1 Å². The van der Waals surface area contributed by atoms with Crippen LogP contribution in [0.1, 0.15) is 20.8 Å². The molecule has 0 spiro atoms. The predicted octanol–water partition coefficient (Wildman–Crippen LogP) is 2.00. The summed E-state index contributed by atoms with van der Waals surface area (Å²) in [6.45, 7) is 26.5. The Balaban J connectivity index is -0.000000432. The first-order chi connectivity index (χ1) is 10.1. The molecule has 0 saturated heterocycles. The largest absolute Gasteiger partial charge is 0.728 e. The highest BCUT2D eigenvalue weighted by Gasteiger charge is 2.45. The van der Waals surface area contributed by atoms with E-state index in [1.54, 1.807) is 26.5 Å². The summed E-state index contributed by atoms with van der Waals surface area (Å²) in [5.74, 6) is 1.51. The van der Waals surface area contributed by atoms with Crippen LogP contribution >= 0.6 is 0 Å². The lowest BCUT2D eigenvalue weighted by Gasteiger charge is -2.27. The number of hydrogen-bond acceptors (Lipinski definition) is 4. The molecule has 22 heavy (non-hydrogen) atoms. The zero-order valence-electron chi connectivity index (χ0n) is 14.4. The van der Waals surface area contributed by atoms with Crippen LogP contribution in [-0.4, -0.2) is 33.6 Å². The fourth-order valence-electron chi connectivity index (χ4n) is 0.916. The molecular weight excluding hydrogens is 328 g/mol. The lowest BCUT2D eigenvalue weighted by Crippen LogP contribution is -2.42. The molecule has 0 fully saturated rings.